The number of methoxy groups -OCH3 is 1. The van der Waals surface area contributed by atoms with E-state index in [1.54, 1.807) is 7.11 Å². The molecule has 0 radical (unpaired) electrons. The Kier molecular flexibility index (Phi) is 5.59. The van der Waals surface area contributed by atoms with E-state index in [0.717, 1.165) is 23.3 Å². The number of hydrogen-bond donors (Lipinski definition) is 1. The molecule has 0 aromatic heterocycles. The number of benzene rings is 1. The van der Waals surface area contributed by atoms with Crippen molar-refractivity contribution in [2.45, 2.75) is 52.0 Å². The zero-order valence-electron chi connectivity index (χ0n) is 12.8. The van der Waals surface area contributed by atoms with Crippen LogP contribution in [0.15, 0.2) is 18.2 Å². The molecule has 1 aromatic carbocycles. The van der Waals surface area contributed by atoms with Gasteiger partial charge in [0, 0.05) is 11.7 Å². The topological polar surface area (TPSA) is 21.3 Å². The Hall–Kier alpha value is -0.890. The van der Waals surface area contributed by atoms with Crippen LogP contribution in [0.25, 0.3) is 0 Å². The molecule has 0 saturated heterocycles. The third-order valence-corrected chi connectivity index (χ3v) is 4.77. The van der Waals surface area contributed by atoms with Gasteiger partial charge in [-0.15, -0.1) is 0 Å². The highest BCUT2D eigenvalue weighted by Gasteiger charge is 2.21. The van der Waals surface area contributed by atoms with Crippen LogP contribution < -0.4 is 10.1 Å². The van der Waals surface area contributed by atoms with Gasteiger partial charge in [-0.1, -0.05) is 38.3 Å². The largest absolute Gasteiger partial charge is 0.495 e. The van der Waals surface area contributed by atoms with E-state index >= 15 is 0 Å². The van der Waals surface area contributed by atoms with Crippen LogP contribution in [0.1, 0.15) is 46.0 Å². The minimum atomic E-state index is 0.572. The van der Waals surface area contributed by atoms with Gasteiger partial charge >= 0.3 is 0 Å². The maximum absolute atomic E-state index is 6.18. The molecule has 1 fully saturated rings. The highest BCUT2D eigenvalue weighted by atomic mass is 35.5. The average Bonchev–Trinajstić information content (AvgIpc) is 2.65. The summed E-state index contributed by atoms with van der Waals surface area (Å²) in [5.41, 5.74) is 1.10. The molecule has 20 heavy (non-hydrogen) atoms. The lowest BCUT2D eigenvalue weighted by Gasteiger charge is -2.20. The molecular weight excluding hydrogens is 270 g/mol. The first-order chi connectivity index (χ1) is 9.60. The van der Waals surface area contributed by atoms with E-state index in [1.165, 1.54) is 32.1 Å². The van der Waals surface area contributed by atoms with Crippen molar-refractivity contribution in [3.05, 3.63) is 23.2 Å². The number of hydrogen-bond acceptors (Lipinski definition) is 2. The van der Waals surface area contributed by atoms with Crippen molar-refractivity contribution in [3.63, 3.8) is 0 Å². The minimum absolute atomic E-state index is 0.572. The van der Waals surface area contributed by atoms with Crippen LogP contribution in [0, 0.1) is 11.8 Å². The molecule has 1 saturated carbocycles. The Morgan fingerprint density at radius 3 is 2.65 bits per heavy atom. The summed E-state index contributed by atoms with van der Waals surface area (Å²) < 4.78 is 5.19. The van der Waals surface area contributed by atoms with Gasteiger partial charge in [0.15, 0.2) is 0 Å². The molecule has 1 aliphatic rings. The minimum Gasteiger partial charge on any atom is -0.495 e. The second kappa shape index (κ2) is 7.21. The molecule has 0 aliphatic heterocycles. The lowest BCUT2D eigenvalue weighted by molar-refractivity contribution is 0.341. The van der Waals surface area contributed by atoms with Crippen molar-refractivity contribution in [1.29, 1.82) is 0 Å². The fraction of sp³-hybridized carbons (Fsp3) is 0.647. The van der Waals surface area contributed by atoms with Crippen molar-refractivity contribution in [2.24, 2.45) is 11.8 Å². The maximum atomic E-state index is 6.18. The third kappa shape index (κ3) is 4.05. The SMILES string of the molecule is COc1ccc(NC2CCCC(C(C)C)CC2)cc1Cl. The van der Waals surface area contributed by atoms with Gasteiger partial charge in [-0.3, -0.25) is 0 Å². The molecule has 0 spiro atoms. The Balaban J connectivity index is 1.94. The summed E-state index contributed by atoms with van der Waals surface area (Å²) in [6.07, 6.45) is 6.54. The van der Waals surface area contributed by atoms with Crippen molar-refractivity contribution in [1.82, 2.24) is 0 Å². The number of anilines is 1. The maximum Gasteiger partial charge on any atom is 0.137 e. The quantitative estimate of drug-likeness (QED) is 0.754. The van der Waals surface area contributed by atoms with Crippen LogP contribution in [0.3, 0.4) is 0 Å². The van der Waals surface area contributed by atoms with Gasteiger partial charge in [0.1, 0.15) is 5.75 Å². The lowest BCUT2D eigenvalue weighted by Crippen LogP contribution is -2.18. The van der Waals surface area contributed by atoms with E-state index in [2.05, 4.69) is 25.2 Å². The summed E-state index contributed by atoms with van der Waals surface area (Å²) in [5.74, 6) is 2.43. The molecule has 2 atom stereocenters. The molecule has 0 bridgehead atoms. The van der Waals surface area contributed by atoms with Crippen LogP contribution in [-0.4, -0.2) is 13.2 Å². The second-order valence-corrected chi connectivity index (χ2v) is 6.61. The Bertz CT molecular complexity index is 433. The number of nitrogens with one attached hydrogen (secondary N) is 1. The molecule has 2 nitrogen and oxygen atoms in total. The van der Waals surface area contributed by atoms with Crippen molar-refractivity contribution in [3.8, 4) is 5.75 Å². The van der Waals surface area contributed by atoms with E-state index in [-0.39, 0.29) is 0 Å². The van der Waals surface area contributed by atoms with Crippen LogP contribution in [-0.2, 0) is 0 Å². The molecule has 1 N–H and O–H groups in total. The van der Waals surface area contributed by atoms with Crippen LogP contribution in [0.5, 0.6) is 5.75 Å². The fourth-order valence-electron chi connectivity index (χ4n) is 3.13. The first-order valence-electron chi connectivity index (χ1n) is 7.70. The summed E-state index contributed by atoms with van der Waals surface area (Å²) in [7, 11) is 1.64. The van der Waals surface area contributed by atoms with Crippen molar-refractivity contribution >= 4 is 17.3 Å². The van der Waals surface area contributed by atoms with E-state index in [0.29, 0.717) is 11.1 Å². The predicted molar refractivity (Wildman–Crippen MR) is 86.8 cm³/mol. The second-order valence-electron chi connectivity index (χ2n) is 6.20. The third-order valence-electron chi connectivity index (χ3n) is 4.48. The highest BCUT2D eigenvalue weighted by Crippen LogP contribution is 2.32. The monoisotopic (exact) mass is 295 g/mol. The van der Waals surface area contributed by atoms with Crippen LogP contribution in [0.4, 0.5) is 5.69 Å². The molecule has 1 aromatic rings. The smallest absolute Gasteiger partial charge is 0.137 e. The van der Waals surface area contributed by atoms with Crippen LogP contribution in [0.2, 0.25) is 5.02 Å². The van der Waals surface area contributed by atoms with Crippen molar-refractivity contribution < 1.29 is 4.74 Å². The molecule has 0 heterocycles. The summed E-state index contributed by atoms with van der Waals surface area (Å²) >= 11 is 6.18. The summed E-state index contributed by atoms with van der Waals surface area (Å²) in [6, 6.07) is 6.52. The summed E-state index contributed by atoms with van der Waals surface area (Å²) in [5, 5.41) is 4.30. The van der Waals surface area contributed by atoms with Gasteiger partial charge < -0.3 is 10.1 Å². The Morgan fingerprint density at radius 1 is 1.20 bits per heavy atom. The van der Waals surface area contributed by atoms with E-state index in [4.69, 9.17) is 16.3 Å². The fourth-order valence-corrected chi connectivity index (χ4v) is 3.39. The summed E-state index contributed by atoms with van der Waals surface area (Å²) in [4.78, 5) is 0. The van der Waals surface area contributed by atoms with Crippen LogP contribution >= 0.6 is 11.6 Å². The molecule has 2 rings (SSSR count). The Labute approximate surface area is 127 Å². The van der Waals surface area contributed by atoms with Gasteiger partial charge in [-0.25, -0.2) is 0 Å². The van der Waals surface area contributed by atoms with Gasteiger partial charge in [-0.05, 0) is 49.3 Å². The van der Waals surface area contributed by atoms with Gasteiger partial charge in [0.05, 0.1) is 12.1 Å². The van der Waals surface area contributed by atoms with E-state index < -0.39 is 0 Å². The predicted octanol–water partition coefficient (Wildman–Crippen LogP) is 5.37. The van der Waals surface area contributed by atoms with Gasteiger partial charge in [-0.2, -0.15) is 0 Å². The molecule has 2 unspecified atom stereocenters. The number of halogens is 1. The summed E-state index contributed by atoms with van der Waals surface area (Å²) in [6.45, 7) is 4.70. The highest BCUT2D eigenvalue weighted by molar-refractivity contribution is 6.32. The normalized spacial score (nSPS) is 23.4. The standard InChI is InChI=1S/C17H26ClNO/c1-12(2)13-5-4-6-14(8-7-13)19-15-9-10-17(20-3)16(18)11-15/h9-14,19H,4-8H2,1-3H3. The number of rotatable bonds is 4. The molecule has 0 amide bonds. The molecule has 1 aliphatic carbocycles. The zero-order valence-corrected chi connectivity index (χ0v) is 13.5. The van der Waals surface area contributed by atoms with Crippen molar-refractivity contribution in [2.75, 3.05) is 12.4 Å². The first kappa shape index (κ1) is 15.5. The average molecular weight is 296 g/mol. The molecule has 112 valence electrons. The lowest BCUT2D eigenvalue weighted by atomic mass is 9.89. The van der Waals surface area contributed by atoms with Gasteiger partial charge in [0.25, 0.3) is 0 Å². The van der Waals surface area contributed by atoms with E-state index in [9.17, 15) is 0 Å². The molecular formula is C17H26ClNO. The zero-order chi connectivity index (χ0) is 14.5. The van der Waals surface area contributed by atoms with E-state index in [1.807, 2.05) is 12.1 Å². The first-order valence-corrected chi connectivity index (χ1v) is 8.08. The Morgan fingerprint density at radius 2 is 2.00 bits per heavy atom. The van der Waals surface area contributed by atoms with Gasteiger partial charge in [0.2, 0.25) is 0 Å². The number of ether oxygens (including phenoxy) is 1. The molecule has 3 heteroatoms.